The summed E-state index contributed by atoms with van der Waals surface area (Å²) < 4.78 is 10.4. The fourth-order valence-electron chi connectivity index (χ4n) is 1.17. The van der Waals surface area contributed by atoms with Crippen molar-refractivity contribution < 1.29 is 9.15 Å². The highest BCUT2D eigenvalue weighted by atomic mass is 35.5. The molecule has 0 spiro atoms. The highest BCUT2D eigenvalue weighted by Gasteiger charge is 2.20. The number of aryl methyl sites for hydroxylation is 1. The van der Waals surface area contributed by atoms with Crippen LogP contribution in [0.25, 0.3) is 0 Å². The molecule has 1 rings (SSSR count). The third kappa shape index (κ3) is 4.05. The van der Waals surface area contributed by atoms with Crippen LogP contribution >= 0.6 is 11.6 Å². The molecule has 5 nitrogen and oxygen atoms in total. The van der Waals surface area contributed by atoms with Gasteiger partial charge in [-0.2, -0.15) is 0 Å². The number of nitrogens with zero attached hydrogens (tertiary/aromatic N) is 2. The van der Waals surface area contributed by atoms with E-state index in [1.54, 1.807) is 7.11 Å². The number of nitrogens with one attached hydrogen (secondary N) is 1. The number of ether oxygens (including phenoxy) is 1. The van der Waals surface area contributed by atoms with Crippen molar-refractivity contribution in [3.8, 4) is 0 Å². The van der Waals surface area contributed by atoms with E-state index in [9.17, 15) is 0 Å². The van der Waals surface area contributed by atoms with E-state index < -0.39 is 0 Å². The molecular formula is C9H16ClN3O2. The van der Waals surface area contributed by atoms with Crippen LogP contribution in [0.3, 0.4) is 0 Å². The van der Waals surface area contributed by atoms with Gasteiger partial charge in [-0.3, -0.25) is 0 Å². The Morgan fingerprint density at radius 3 is 2.80 bits per heavy atom. The third-order valence-electron chi connectivity index (χ3n) is 1.73. The van der Waals surface area contributed by atoms with Crippen LogP contribution in [-0.4, -0.2) is 35.3 Å². The summed E-state index contributed by atoms with van der Waals surface area (Å²) in [6, 6.07) is 0.400. The number of aromatic nitrogens is 2. The van der Waals surface area contributed by atoms with E-state index in [4.69, 9.17) is 20.8 Å². The maximum atomic E-state index is 5.56. The Kier molecular flexibility index (Phi) is 4.35. The van der Waals surface area contributed by atoms with E-state index in [2.05, 4.69) is 15.5 Å². The fraction of sp³-hybridized carbons (Fsp3) is 0.778. The SMILES string of the molecule is COCC(C)(C)Nc1nnc(CCCl)o1. The minimum Gasteiger partial charge on any atom is -0.408 e. The van der Waals surface area contributed by atoms with Gasteiger partial charge < -0.3 is 14.5 Å². The molecule has 0 unspecified atom stereocenters. The third-order valence-corrected chi connectivity index (χ3v) is 1.91. The Balaban J connectivity index is 2.56. The first-order valence-corrected chi connectivity index (χ1v) is 5.26. The molecule has 0 aliphatic heterocycles. The summed E-state index contributed by atoms with van der Waals surface area (Å²) in [5.74, 6) is 1.02. The van der Waals surface area contributed by atoms with Gasteiger partial charge in [0, 0.05) is 19.4 Å². The number of halogens is 1. The van der Waals surface area contributed by atoms with Crippen molar-refractivity contribution in [1.82, 2.24) is 10.2 Å². The molecular weight excluding hydrogens is 218 g/mol. The smallest absolute Gasteiger partial charge is 0.315 e. The summed E-state index contributed by atoms with van der Waals surface area (Å²) in [5, 5.41) is 10.8. The molecule has 1 N–H and O–H groups in total. The summed E-state index contributed by atoms with van der Waals surface area (Å²) in [6.45, 7) is 4.53. The van der Waals surface area contributed by atoms with Crippen LogP contribution in [0, 0.1) is 0 Å². The first-order valence-electron chi connectivity index (χ1n) is 4.73. The van der Waals surface area contributed by atoms with Crippen LogP contribution in [0.1, 0.15) is 19.7 Å². The molecule has 0 fully saturated rings. The van der Waals surface area contributed by atoms with E-state index >= 15 is 0 Å². The highest BCUT2D eigenvalue weighted by Crippen LogP contribution is 2.14. The number of methoxy groups -OCH3 is 1. The molecule has 0 aliphatic rings. The van der Waals surface area contributed by atoms with Gasteiger partial charge in [-0.1, -0.05) is 5.10 Å². The molecule has 0 amide bonds. The van der Waals surface area contributed by atoms with E-state index in [0.29, 0.717) is 30.8 Å². The molecule has 0 saturated heterocycles. The Labute approximate surface area is 94.2 Å². The molecule has 86 valence electrons. The number of hydrogen-bond donors (Lipinski definition) is 1. The summed E-state index contributed by atoms with van der Waals surface area (Å²) >= 11 is 5.56. The predicted molar refractivity (Wildman–Crippen MR) is 58.3 cm³/mol. The monoisotopic (exact) mass is 233 g/mol. The van der Waals surface area contributed by atoms with Crippen LogP contribution < -0.4 is 5.32 Å². The molecule has 6 heteroatoms. The number of rotatable bonds is 6. The zero-order valence-corrected chi connectivity index (χ0v) is 9.97. The summed E-state index contributed by atoms with van der Waals surface area (Å²) in [7, 11) is 1.65. The van der Waals surface area contributed by atoms with Crippen LogP contribution in [0.15, 0.2) is 4.42 Å². The van der Waals surface area contributed by atoms with Crippen molar-refractivity contribution in [3.05, 3.63) is 5.89 Å². The van der Waals surface area contributed by atoms with Crippen molar-refractivity contribution >= 4 is 17.6 Å². The molecule has 1 aromatic heterocycles. The number of hydrogen-bond acceptors (Lipinski definition) is 5. The standard InChI is InChI=1S/C9H16ClN3O2/c1-9(2,6-14-3)11-8-13-12-7(15-8)4-5-10/h4-6H2,1-3H3,(H,11,13). The largest absolute Gasteiger partial charge is 0.408 e. The number of anilines is 1. The zero-order chi connectivity index (χ0) is 11.3. The molecule has 1 heterocycles. The molecule has 0 bridgehead atoms. The Morgan fingerprint density at radius 2 is 2.20 bits per heavy atom. The van der Waals surface area contributed by atoms with Crippen molar-refractivity contribution in [3.63, 3.8) is 0 Å². The van der Waals surface area contributed by atoms with Gasteiger partial charge in [0.05, 0.1) is 12.1 Å². The van der Waals surface area contributed by atoms with Crippen LogP contribution in [0.5, 0.6) is 0 Å². The zero-order valence-electron chi connectivity index (χ0n) is 9.21. The lowest BCUT2D eigenvalue weighted by molar-refractivity contribution is 0.156. The van der Waals surface area contributed by atoms with Gasteiger partial charge in [0.1, 0.15) is 0 Å². The lowest BCUT2D eigenvalue weighted by atomic mass is 10.1. The lowest BCUT2D eigenvalue weighted by Gasteiger charge is -2.23. The van der Waals surface area contributed by atoms with Gasteiger partial charge >= 0.3 is 6.01 Å². The second kappa shape index (κ2) is 5.32. The Bertz CT molecular complexity index is 301. The second-order valence-electron chi connectivity index (χ2n) is 3.88. The summed E-state index contributed by atoms with van der Waals surface area (Å²) in [6.07, 6.45) is 0.584. The van der Waals surface area contributed by atoms with Crippen molar-refractivity contribution in [2.45, 2.75) is 25.8 Å². The second-order valence-corrected chi connectivity index (χ2v) is 4.26. The van der Waals surface area contributed by atoms with Crippen molar-refractivity contribution in [1.29, 1.82) is 0 Å². The average molecular weight is 234 g/mol. The normalized spacial score (nSPS) is 11.7. The van der Waals surface area contributed by atoms with Gasteiger partial charge in [-0.05, 0) is 13.8 Å². The summed E-state index contributed by atoms with van der Waals surface area (Å²) in [5.41, 5.74) is -0.237. The van der Waals surface area contributed by atoms with Crippen molar-refractivity contribution in [2.75, 3.05) is 24.9 Å². The lowest BCUT2D eigenvalue weighted by Crippen LogP contribution is -2.35. The Morgan fingerprint density at radius 1 is 1.47 bits per heavy atom. The Hall–Kier alpha value is -0.810. The minimum absolute atomic E-state index is 0.237. The summed E-state index contributed by atoms with van der Waals surface area (Å²) in [4.78, 5) is 0. The average Bonchev–Trinajstić information content (AvgIpc) is 2.52. The number of alkyl halides is 1. The molecule has 0 atom stereocenters. The van der Waals surface area contributed by atoms with Gasteiger partial charge in [0.2, 0.25) is 5.89 Å². The molecule has 0 radical (unpaired) electrons. The molecule has 15 heavy (non-hydrogen) atoms. The minimum atomic E-state index is -0.237. The quantitative estimate of drug-likeness (QED) is 0.758. The van der Waals surface area contributed by atoms with E-state index in [0.717, 1.165) is 0 Å². The molecule has 0 aliphatic carbocycles. The molecule has 0 saturated carbocycles. The highest BCUT2D eigenvalue weighted by molar-refractivity contribution is 6.17. The van der Waals surface area contributed by atoms with Gasteiger partial charge in [-0.25, -0.2) is 0 Å². The van der Waals surface area contributed by atoms with Crippen LogP contribution in [0.4, 0.5) is 6.01 Å². The van der Waals surface area contributed by atoms with E-state index in [-0.39, 0.29) is 5.54 Å². The molecule has 1 aromatic rings. The van der Waals surface area contributed by atoms with Crippen LogP contribution in [0.2, 0.25) is 0 Å². The van der Waals surface area contributed by atoms with E-state index in [1.165, 1.54) is 0 Å². The van der Waals surface area contributed by atoms with Crippen LogP contribution in [-0.2, 0) is 11.2 Å². The van der Waals surface area contributed by atoms with E-state index in [1.807, 2.05) is 13.8 Å². The maximum Gasteiger partial charge on any atom is 0.315 e. The fourth-order valence-corrected chi connectivity index (χ4v) is 1.33. The van der Waals surface area contributed by atoms with Gasteiger partial charge in [0.25, 0.3) is 0 Å². The van der Waals surface area contributed by atoms with Gasteiger partial charge in [0.15, 0.2) is 0 Å². The van der Waals surface area contributed by atoms with Gasteiger partial charge in [-0.15, -0.1) is 16.7 Å². The predicted octanol–water partition coefficient (Wildman–Crippen LogP) is 1.69. The maximum absolute atomic E-state index is 5.56. The van der Waals surface area contributed by atoms with Crippen molar-refractivity contribution in [2.24, 2.45) is 0 Å². The first kappa shape index (κ1) is 12.3. The first-order chi connectivity index (χ1) is 7.07. The molecule has 0 aromatic carbocycles. The topological polar surface area (TPSA) is 60.2 Å².